The largest absolute Gasteiger partial charge is 0.491 e. The Kier molecular flexibility index (Phi) is 3.40. The molecule has 0 aromatic carbocycles. The quantitative estimate of drug-likeness (QED) is 0.835. The average molecular weight is 308 g/mol. The molecule has 2 aliphatic rings. The second-order valence-electron chi connectivity index (χ2n) is 5.39. The normalized spacial score (nSPS) is 23.7. The number of carbonyl (C=O) groups excluding carboxylic acids is 1. The first-order valence-electron chi connectivity index (χ1n) is 6.94. The van der Waals surface area contributed by atoms with E-state index in [4.69, 9.17) is 14.6 Å². The number of aromatic carboxylic acids is 1. The molecule has 1 N–H and O–H groups in total. The zero-order valence-electron chi connectivity index (χ0n) is 12.2. The average Bonchev–Trinajstić information content (AvgIpc) is 2.47. The van der Waals surface area contributed by atoms with Gasteiger partial charge in [-0.05, 0) is 13.3 Å². The van der Waals surface area contributed by atoms with Crippen LogP contribution in [0.5, 0.6) is 5.75 Å². The lowest BCUT2D eigenvalue weighted by Gasteiger charge is -2.44. The molecule has 3 heterocycles. The Balaban J connectivity index is 2.21. The zero-order chi connectivity index (χ0) is 16.0. The van der Waals surface area contributed by atoms with Crippen LogP contribution in [0.1, 0.15) is 34.2 Å². The highest BCUT2D eigenvalue weighted by molar-refractivity contribution is 5.98. The number of fused-ring (bicyclic) bond motifs is 2. The Morgan fingerprint density at radius 3 is 2.82 bits per heavy atom. The van der Waals surface area contributed by atoms with Gasteiger partial charge in [0.2, 0.25) is 5.43 Å². The van der Waals surface area contributed by atoms with Crippen molar-refractivity contribution in [2.24, 2.45) is 0 Å². The summed E-state index contributed by atoms with van der Waals surface area (Å²) in [5, 5.41) is 9.13. The number of aromatic nitrogens is 1. The van der Waals surface area contributed by atoms with Crippen molar-refractivity contribution >= 4 is 11.9 Å². The van der Waals surface area contributed by atoms with Crippen LogP contribution in [-0.4, -0.2) is 52.4 Å². The van der Waals surface area contributed by atoms with Crippen molar-refractivity contribution in [3.63, 3.8) is 0 Å². The number of carbonyl (C=O) groups is 2. The monoisotopic (exact) mass is 308 g/mol. The van der Waals surface area contributed by atoms with E-state index >= 15 is 0 Å². The smallest absolute Gasteiger partial charge is 0.341 e. The van der Waals surface area contributed by atoms with Crippen molar-refractivity contribution in [3.8, 4) is 5.75 Å². The molecule has 118 valence electrons. The number of pyridine rings is 1. The predicted molar refractivity (Wildman–Crippen MR) is 74.2 cm³/mol. The van der Waals surface area contributed by atoms with Crippen LogP contribution in [0.2, 0.25) is 0 Å². The first-order valence-corrected chi connectivity index (χ1v) is 6.94. The number of hydrogen-bond acceptors (Lipinski definition) is 5. The van der Waals surface area contributed by atoms with E-state index in [2.05, 4.69) is 0 Å². The summed E-state index contributed by atoms with van der Waals surface area (Å²) in [7, 11) is 1.25. The fraction of sp³-hybridized carbons (Fsp3) is 0.500. The molecule has 22 heavy (non-hydrogen) atoms. The second kappa shape index (κ2) is 5.13. The van der Waals surface area contributed by atoms with Gasteiger partial charge >= 0.3 is 5.97 Å². The van der Waals surface area contributed by atoms with Crippen LogP contribution < -0.4 is 10.2 Å². The molecule has 8 nitrogen and oxygen atoms in total. The van der Waals surface area contributed by atoms with Crippen LogP contribution in [0, 0.1) is 0 Å². The maximum Gasteiger partial charge on any atom is 0.341 e. The fourth-order valence-corrected chi connectivity index (χ4v) is 2.98. The standard InChI is InChI=1S/C14H16N2O6/c1-7-3-4-22-9-6-15-5-8(14(19)20)11(17)12(21-2)10(15)13(18)16(7)9/h5,7,9H,3-4,6H2,1-2H3,(H,19,20)/t7-,9+/m1/s1. The third kappa shape index (κ3) is 1.98. The minimum atomic E-state index is -1.36. The maximum absolute atomic E-state index is 12.7. The van der Waals surface area contributed by atoms with E-state index < -0.39 is 23.2 Å². The van der Waals surface area contributed by atoms with E-state index in [1.54, 1.807) is 4.90 Å². The summed E-state index contributed by atoms with van der Waals surface area (Å²) >= 11 is 0. The summed E-state index contributed by atoms with van der Waals surface area (Å²) in [4.78, 5) is 37.7. The van der Waals surface area contributed by atoms with E-state index in [1.807, 2.05) is 6.92 Å². The van der Waals surface area contributed by atoms with Crippen LogP contribution in [0.15, 0.2) is 11.0 Å². The summed E-state index contributed by atoms with van der Waals surface area (Å²) in [6, 6.07) is -0.0149. The Hall–Kier alpha value is -2.35. The van der Waals surface area contributed by atoms with Crippen molar-refractivity contribution in [2.45, 2.75) is 32.2 Å². The van der Waals surface area contributed by atoms with E-state index in [-0.39, 0.29) is 29.9 Å². The molecule has 1 saturated heterocycles. The van der Waals surface area contributed by atoms with Crippen molar-refractivity contribution in [3.05, 3.63) is 27.7 Å². The first-order chi connectivity index (χ1) is 10.5. The molecule has 2 aliphatic heterocycles. The Morgan fingerprint density at radius 1 is 1.45 bits per heavy atom. The number of amides is 1. The molecule has 8 heteroatoms. The molecule has 0 saturated carbocycles. The van der Waals surface area contributed by atoms with Gasteiger partial charge in [0.15, 0.2) is 17.7 Å². The molecule has 0 bridgehead atoms. The minimum absolute atomic E-state index is 0.0149. The SMILES string of the molecule is COc1c2n(cc(C(=O)O)c1=O)C[C@@H]1OCC[C@@H](C)N1C2=O. The number of ether oxygens (including phenoxy) is 2. The summed E-state index contributed by atoms with van der Waals surface area (Å²) in [5.74, 6) is -1.97. The molecule has 1 aromatic heterocycles. The van der Waals surface area contributed by atoms with E-state index in [9.17, 15) is 14.4 Å². The third-order valence-corrected chi connectivity index (χ3v) is 4.09. The van der Waals surface area contributed by atoms with Gasteiger partial charge < -0.3 is 24.0 Å². The van der Waals surface area contributed by atoms with Crippen molar-refractivity contribution in [1.82, 2.24) is 9.47 Å². The molecule has 2 atom stereocenters. The van der Waals surface area contributed by atoms with Crippen molar-refractivity contribution < 1.29 is 24.2 Å². The number of methoxy groups -OCH3 is 1. The summed E-state index contributed by atoms with van der Waals surface area (Å²) in [6.45, 7) is 2.72. The van der Waals surface area contributed by atoms with E-state index in [1.165, 1.54) is 17.9 Å². The molecular weight excluding hydrogens is 292 g/mol. The minimum Gasteiger partial charge on any atom is -0.491 e. The van der Waals surface area contributed by atoms with Crippen molar-refractivity contribution in [1.29, 1.82) is 0 Å². The number of carboxylic acids is 1. The molecule has 1 fully saturated rings. The Bertz CT molecular complexity index is 710. The van der Waals surface area contributed by atoms with Gasteiger partial charge in [-0.1, -0.05) is 0 Å². The highest BCUT2D eigenvalue weighted by Gasteiger charge is 2.41. The van der Waals surface area contributed by atoms with Crippen LogP contribution in [0.4, 0.5) is 0 Å². The van der Waals surface area contributed by atoms with Gasteiger partial charge in [0.25, 0.3) is 5.91 Å². The lowest BCUT2D eigenvalue weighted by atomic mass is 10.1. The lowest BCUT2D eigenvalue weighted by molar-refractivity contribution is -0.112. The Morgan fingerprint density at radius 2 is 2.18 bits per heavy atom. The van der Waals surface area contributed by atoms with Crippen LogP contribution in [0.3, 0.4) is 0 Å². The lowest BCUT2D eigenvalue weighted by Crippen LogP contribution is -2.57. The fourth-order valence-electron chi connectivity index (χ4n) is 2.98. The van der Waals surface area contributed by atoms with Gasteiger partial charge in [0.05, 0.1) is 20.3 Å². The summed E-state index contributed by atoms with van der Waals surface area (Å²) in [5.41, 5.74) is -1.14. The molecule has 0 unspecified atom stereocenters. The number of carboxylic acid groups (broad SMARTS) is 1. The number of rotatable bonds is 2. The molecular formula is C14H16N2O6. The van der Waals surface area contributed by atoms with E-state index in [0.717, 1.165) is 0 Å². The van der Waals surface area contributed by atoms with Gasteiger partial charge in [0.1, 0.15) is 5.56 Å². The van der Waals surface area contributed by atoms with Crippen LogP contribution >= 0.6 is 0 Å². The predicted octanol–water partition coefficient (Wildman–Crippen LogP) is 0.146. The molecule has 0 aliphatic carbocycles. The highest BCUT2D eigenvalue weighted by Crippen LogP contribution is 2.29. The zero-order valence-corrected chi connectivity index (χ0v) is 12.2. The van der Waals surface area contributed by atoms with Gasteiger partial charge in [-0.15, -0.1) is 0 Å². The number of hydrogen-bond donors (Lipinski definition) is 1. The van der Waals surface area contributed by atoms with Gasteiger partial charge in [0, 0.05) is 12.2 Å². The van der Waals surface area contributed by atoms with Gasteiger partial charge in [-0.3, -0.25) is 9.59 Å². The first kappa shape index (κ1) is 14.6. The third-order valence-electron chi connectivity index (χ3n) is 4.09. The molecule has 1 amide bonds. The topological polar surface area (TPSA) is 98.1 Å². The highest BCUT2D eigenvalue weighted by atomic mass is 16.5. The number of nitrogens with zero attached hydrogens (tertiary/aromatic N) is 2. The van der Waals surface area contributed by atoms with Crippen molar-refractivity contribution in [2.75, 3.05) is 13.7 Å². The summed E-state index contributed by atoms with van der Waals surface area (Å²) in [6.07, 6.45) is 1.43. The van der Waals surface area contributed by atoms with Crippen LogP contribution in [-0.2, 0) is 11.3 Å². The van der Waals surface area contributed by atoms with Gasteiger partial charge in [-0.25, -0.2) is 4.79 Å². The maximum atomic E-state index is 12.7. The summed E-state index contributed by atoms with van der Waals surface area (Å²) < 4.78 is 12.1. The Labute approximate surface area is 125 Å². The van der Waals surface area contributed by atoms with Crippen LogP contribution in [0.25, 0.3) is 0 Å². The molecule has 0 spiro atoms. The molecule has 1 aromatic rings. The van der Waals surface area contributed by atoms with Gasteiger partial charge in [-0.2, -0.15) is 0 Å². The van der Waals surface area contributed by atoms with E-state index in [0.29, 0.717) is 13.0 Å². The molecule has 0 radical (unpaired) electrons. The molecule has 3 rings (SSSR count). The second-order valence-corrected chi connectivity index (χ2v) is 5.39.